The van der Waals surface area contributed by atoms with Crippen molar-refractivity contribution >= 4 is 13.9 Å². The fourth-order valence-electron chi connectivity index (χ4n) is 3.13. The first-order valence-corrected chi connectivity index (χ1v) is 11.3. The summed E-state index contributed by atoms with van der Waals surface area (Å²) in [4.78, 5) is 37.9. The Kier molecular flexibility index (Phi) is 7.62. The van der Waals surface area contributed by atoms with Crippen molar-refractivity contribution in [3.05, 3.63) is 41.5 Å². The van der Waals surface area contributed by atoms with Gasteiger partial charge in [-0.2, -0.15) is 0 Å². The van der Waals surface area contributed by atoms with Crippen LogP contribution in [0.15, 0.2) is 24.5 Å². The lowest BCUT2D eigenvalue weighted by atomic mass is 10.1. The van der Waals surface area contributed by atoms with Crippen LogP contribution in [0.3, 0.4) is 0 Å². The van der Waals surface area contributed by atoms with Gasteiger partial charge >= 0.3 is 13.9 Å². The molecule has 0 unspecified atom stereocenters. The maximum Gasteiger partial charge on any atom is 0.469 e. The van der Waals surface area contributed by atoms with Crippen LogP contribution in [0.1, 0.15) is 24.0 Å². The Bertz CT molecular complexity index is 1010. The van der Waals surface area contributed by atoms with E-state index in [-0.39, 0.29) is 36.6 Å². The Morgan fingerprint density at radius 1 is 1.25 bits per heavy atom. The second-order valence-corrected chi connectivity index (χ2v) is 8.38. The number of phosphoric ester groups is 1. The summed E-state index contributed by atoms with van der Waals surface area (Å²) in [5.41, 5.74) is 0.936. The van der Waals surface area contributed by atoms with Crippen molar-refractivity contribution in [2.24, 2.45) is 0 Å². The molecule has 2 heterocycles. The van der Waals surface area contributed by atoms with E-state index in [0.29, 0.717) is 37.1 Å². The maximum atomic E-state index is 14.5. The number of nitrogens with zero attached hydrogens (tertiary/aromatic N) is 3. The summed E-state index contributed by atoms with van der Waals surface area (Å²) < 4.78 is 41.0. The van der Waals surface area contributed by atoms with E-state index in [4.69, 9.17) is 24.4 Å². The minimum absolute atomic E-state index is 0.0906. The van der Waals surface area contributed by atoms with Crippen LogP contribution < -0.4 is 9.47 Å². The summed E-state index contributed by atoms with van der Waals surface area (Å²) in [6, 6.07) is 4.11. The minimum atomic E-state index is -4.57. The molecule has 0 atom stereocenters. The first-order chi connectivity index (χ1) is 15.1. The molecule has 174 valence electrons. The van der Waals surface area contributed by atoms with E-state index in [2.05, 4.69) is 14.5 Å². The average molecular weight is 471 g/mol. The molecule has 1 amide bonds. The van der Waals surface area contributed by atoms with Gasteiger partial charge in [-0.3, -0.25) is 4.52 Å². The van der Waals surface area contributed by atoms with Gasteiger partial charge in [0.2, 0.25) is 11.8 Å². The van der Waals surface area contributed by atoms with Gasteiger partial charge in [0.05, 0.1) is 12.2 Å². The highest BCUT2D eigenvalue weighted by molar-refractivity contribution is 7.46. The van der Waals surface area contributed by atoms with Crippen LogP contribution in [0.5, 0.6) is 17.5 Å². The lowest BCUT2D eigenvalue weighted by Crippen LogP contribution is -2.41. The predicted octanol–water partition coefficient (Wildman–Crippen LogP) is 2.89. The van der Waals surface area contributed by atoms with Crippen molar-refractivity contribution in [1.82, 2.24) is 14.9 Å². The Labute approximate surface area is 183 Å². The average Bonchev–Trinajstić information content (AvgIpc) is 2.72. The monoisotopic (exact) mass is 471 g/mol. The smallest absolute Gasteiger partial charge is 0.469 e. The van der Waals surface area contributed by atoms with Gasteiger partial charge in [0, 0.05) is 25.9 Å². The number of halogens is 1. The van der Waals surface area contributed by atoms with Gasteiger partial charge in [-0.05, 0) is 31.0 Å². The van der Waals surface area contributed by atoms with E-state index in [0.717, 1.165) is 0 Å². The summed E-state index contributed by atoms with van der Waals surface area (Å²) in [5, 5.41) is 9.03. The lowest BCUT2D eigenvalue weighted by Gasteiger charge is -2.30. The Hall–Kier alpha value is -2.79. The lowest BCUT2D eigenvalue weighted by molar-refractivity contribution is 0.0864. The molecular formula is C19H23FN3O8P. The molecule has 3 N–H and O–H groups in total. The Morgan fingerprint density at radius 3 is 2.56 bits per heavy atom. The molecular weight excluding hydrogens is 448 g/mol. The number of likely N-dealkylation sites (tertiary alicyclic amines) is 1. The SMILES string of the molecule is Cc1c(Oc2ccc(CCOP(=O)(O)O)cc2F)ncnc1OC1CCN(C(=O)O)CC1. The Balaban J connectivity index is 1.63. The number of aromatic nitrogens is 2. The maximum absolute atomic E-state index is 14.5. The van der Waals surface area contributed by atoms with Gasteiger partial charge < -0.3 is 29.3 Å². The highest BCUT2D eigenvalue weighted by atomic mass is 31.2. The van der Waals surface area contributed by atoms with Gasteiger partial charge in [0.1, 0.15) is 12.4 Å². The highest BCUT2D eigenvalue weighted by Gasteiger charge is 2.25. The molecule has 3 rings (SSSR count). The van der Waals surface area contributed by atoms with Crippen LogP contribution in [0, 0.1) is 12.7 Å². The minimum Gasteiger partial charge on any atom is -0.474 e. The number of phosphoric acid groups is 1. The molecule has 2 aromatic rings. The third-order valence-corrected chi connectivity index (χ3v) is 5.35. The summed E-state index contributed by atoms with van der Waals surface area (Å²) >= 11 is 0. The van der Waals surface area contributed by atoms with Crippen molar-refractivity contribution in [2.45, 2.75) is 32.3 Å². The van der Waals surface area contributed by atoms with Crippen molar-refractivity contribution in [2.75, 3.05) is 19.7 Å². The molecule has 13 heteroatoms. The predicted molar refractivity (Wildman–Crippen MR) is 108 cm³/mol. The van der Waals surface area contributed by atoms with Crippen molar-refractivity contribution < 1.29 is 42.6 Å². The molecule has 1 aromatic heterocycles. The van der Waals surface area contributed by atoms with Crippen LogP contribution in [-0.4, -0.2) is 61.7 Å². The molecule has 1 aliphatic heterocycles. The quantitative estimate of drug-likeness (QED) is 0.490. The number of carbonyl (C=O) groups is 1. The van der Waals surface area contributed by atoms with E-state index < -0.39 is 19.7 Å². The third kappa shape index (κ3) is 6.60. The molecule has 1 aromatic carbocycles. The number of piperidine rings is 1. The number of hydrogen-bond donors (Lipinski definition) is 3. The van der Waals surface area contributed by atoms with Crippen LogP contribution in [0.4, 0.5) is 9.18 Å². The normalized spacial score (nSPS) is 14.9. The number of ether oxygens (including phenoxy) is 2. The first kappa shape index (κ1) is 23.9. The first-order valence-electron chi connectivity index (χ1n) is 9.75. The molecule has 11 nitrogen and oxygen atoms in total. The number of benzene rings is 1. The number of rotatable bonds is 8. The molecule has 1 fully saturated rings. The van der Waals surface area contributed by atoms with E-state index in [1.54, 1.807) is 13.0 Å². The molecule has 0 saturated carbocycles. The van der Waals surface area contributed by atoms with Gasteiger partial charge in [-0.15, -0.1) is 0 Å². The van der Waals surface area contributed by atoms with Crippen molar-refractivity contribution in [1.29, 1.82) is 0 Å². The van der Waals surface area contributed by atoms with Crippen LogP contribution in [0.25, 0.3) is 0 Å². The molecule has 0 radical (unpaired) electrons. The number of hydrogen-bond acceptors (Lipinski definition) is 7. The summed E-state index contributed by atoms with van der Waals surface area (Å²) in [7, 11) is -4.57. The second kappa shape index (κ2) is 10.2. The summed E-state index contributed by atoms with van der Waals surface area (Å²) in [6.07, 6.45) is 1.21. The fraction of sp³-hybridized carbons (Fsp3) is 0.421. The van der Waals surface area contributed by atoms with E-state index in [9.17, 15) is 13.8 Å². The third-order valence-electron chi connectivity index (χ3n) is 4.84. The highest BCUT2D eigenvalue weighted by Crippen LogP contribution is 2.36. The second-order valence-electron chi connectivity index (χ2n) is 7.14. The van der Waals surface area contributed by atoms with Crippen LogP contribution in [-0.2, 0) is 15.5 Å². The zero-order chi connectivity index (χ0) is 23.3. The van der Waals surface area contributed by atoms with E-state index >= 15 is 0 Å². The summed E-state index contributed by atoms with van der Waals surface area (Å²) in [5.74, 6) is -0.391. The summed E-state index contributed by atoms with van der Waals surface area (Å²) in [6.45, 7) is 2.14. The van der Waals surface area contributed by atoms with Crippen LogP contribution >= 0.6 is 7.82 Å². The van der Waals surface area contributed by atoms with E-state index in [1.807, 2.05) is 0 Å². The zero-order valence-electron chi connectivity index (χ0n) is 17.2. The molecule has 0 aliphatic carbocycles. The molecule has 1 saturated heterocycles. The molecule has 0 spiro atoms. The van der Waals surface area contributed by atoms with Gasteiger partial charge in [0.25, 0.3) is 0 Å². The standard InChI is InChI=1S/C19H23FN3O8P/c1-12-17(30-14-4-7-23(8-5-14)19(24)25)21-11-22-18(12)31-16-3-2-13(10-15(16)20)6-9-29-32(26,27)28/h2-3,10-11,14H,4-9H2,1H3,(H,24,25)(H2,26,27,28). The Morgan fingerprint density at radius 2 is 1.94 bits per heavy atom. The number of amides is 1. The molecule has 32 heavy (non-hydrogen) atoms. The van der Waals surface area contributed by atoms with E-state index in [1.165, 1.54) is 23.4 Å². The molecule has 0 bridgehead atoms. The van der Waals surface area contributed by atoms with Gasteiger partial charge in [-0.25, -0.2) is 23.7 Å². The van der Waals surface area contributed by atoms with Gasteiger partial charge in [0.15, 0.2) is 11.6 Å². The largest absolute Gasteiger partial charge is 0.474 e. The van der Waals surface area contributed by atoms with Gasteiger partial charge in [-0.1, -0.05) is 6.07 Å². The number of carboxylic acid groups (broad SMARTS) is 1. The van der Waals surface area contributed by atoms with Crippen LogP contribution in [0.2, 0.25) is 0 Å². The van der Waals surface area contributed by atoms with Crippen molar-refractivity contribution in [3.63, 3.8) is 0 Å². The van der Waals surface area contributed by atoms with Crippen molar-refractivity contribution in [3.8, 4) is 17.5 Å². The fourth-order valence-corrected chi connectivity index (χ4v) is 3.46. The topological polar surface area (TPSA) is 152 Å². The molecule has 1 aliphatic rings. The zero-order valence-corrected chi connectivity index (χ0v) is 18.1.